The highest BCUT2D eigenvalue weighted by Crippen LogP contribution is 2.39. The highest BCUT2D eigenvalue weighted by Gasteiger charge is 2.30. The SMILES string of the molecule is CCC(CC)CC(C)(c1ccccc1)c1ccccc1. The maximum Gasteiger partial charge on any atom is 0.0177 e. The van der Waals surface area contributed by atoms with Crippen LogP contribution >= 0.6 is 0 Å². The number of rotatable bonds is 6. The first-order valence-corrected chi connectivity index (χ1v) is 7.81. The van der Waals surface area contributed by atoms with E-state index >= 15 is 0 Å². The Labute approximate surface area is 123 Å². The Balaban J connectivity index is 2.43. The lowest BCUT2D eigenvalue weighted by Gasteiger charge is -2.34. The van der Waals surface area contributed by atoms with Gasteiger partial charge in [-0.3, -0.25) is 0 Å². The van der Waals surface area contributed by atoms with Crippen molar-refractivity contribution in [3.8, 4) is 0 Å². The molecule has 106 valence electrons. The summed E-state index contributed by atoms with van der Waals surface area (Å²) in [6, 6.07) is 21.9. The van der Waals surface area contributed by atoms with Crippen molar-refractivity contribution in [2.45, 2.75) is 45.4 Å². The molecule has 0 bridgehead atoms. The van der Waals surface area contributed by atoms with Gasteiger partial charge in [-0.25, -0.2) is 0 Å². The third-order valence-electron chi connectivity index (χ3n) is 4.67. The van der Waals surface area contributed by atoms with Crippen molar-refractivity contribution < 1.29 is 0 Å². The maximum atomic E-state index is 2.40. The van der Waals surface area contributed by atoms with Crippen molar-refractivity contribution >= 4 is 0 Å². The average Bonchev–Trinajstić information content (AvgIpc) is 2.54. The molecule has 0 saturated heterocycles. The predicted octanol–water partition coefficient (Wildman–Crippen LogP) is 5.82. The molecule has 0 aliphatic carbocycles. The zero-order chi connectivity index (χ0) is 14.4. The summed E-state index contributed by atoms with van der Waals surface area (Å²) in [6.45, 7) is 7.02. The molecule has 0 aromatic heterocycles. The third-order valence-corrected chi connectivity index (χ3v) is 4.67. The van der Waals surface area contributed by atoms with Crippen LogP contribution in [-0.2, 0) is 5.41 Å². The quantitative estimate of drug-likeness (QED) is 0.618. The predicted molar refractivity (Wildman–Crippen MR) is 88.0 cm³/mol. The Morgan fingerprint density at radius 1 is 0.750 bits per heavy atom. The zero-order valence-electron chi connectivity index (χ0n) is 13.0. The van der Waals surface area contributed by atoms with E-state index in [0.717, 1.165) is 5.92 Å². The van der Waals surface area contributed by atoms with Crippen LogP contribution in [0.2, 0.25) is 0 Å². The lowest BCUT2D eigenvalue weighted by molar-refractivity contribution is 0.362. The van der Waals surface area contributed by atoms with Gasteiger partial charge in [-0.2, -0.15) is 0 Å². The van der Waals surface area contributed by atoms with Crippen LogP contribution in [0.15, 0.2) is 60.7 Å². The van der Waals surface area contributed by atoms with E-state index in [4.69, 9.17) is 0 Å². The van der Waals surface area contributed by atoms with Crippen LogP contribution in [0.4, 0.5) is 0 Å². The van der Waals surface area contributed by atoms with Crippen molar-refractivity contribution in [3.05, 3.63) is 71.8 Å². The summed E-state index contributed by atoms with van der Waals surface area (Å²) in [7, 11) is 0. The summed E-state index contributed by atoms with van der Waals surface area (Å²) in [5, 5.41) is 0. The molecule has 0 saturated carbocycles. The summed E-state index contributed by atoms with van der Waals surface area (Å²) in [4.78, 5) is 0. The minimum Gasteiger partial charge on any atom is -0.0651 e. The molecule has 0 nitrogen and oxygen atoms in total. The number of benzene rings is 2. The first-order chi connectivity index (χ1) is 9.70. The second kappa shape index (κ2) is 6.74. The second-order valence-corrected chi connectivity index (χ2v) is 5.95. The molecule has 2 rings (SSSR count). The normalized spacial score (nSPS) is 11.8. The van der Waals surface area contributed by atoms with Crippen molar-refractivity contribution in [1.82, 2.24) is 0 Å². The van der Waals surface area contributed by atoms with Gasteiger partial charge in [-0.15, -0.1) is 0 Å². The molecule has 0 N–H and O–H groups in total. The lowest BCUT2D eigenvalue weighted by Crippen LogP contribution is -2.27. The van der Waals surface area contributed by atoms with E-state index < -0.39 is 0 Å². The molecule has 0 radical (unpaired) electrons. The zero-order valence-corrected chi connectivity index (χ0v) is 13.0. The van der Waals surface area contributed by atoms with Gasteiger partial charge in [0.25, 0.3) is 0 Å². The van der Waals surface area contributed by atoms with Crippen LogP contribution in [0.1, 0.15) is 51.2 Å². The van der Waals surface area contributed by atoms with E-state index in [1.807, 2.05) is 0 Å². The molecule has 0 heteroatoms. The molecule has 2 aromatic rings. The summed E-state index contributed by atoms with van der Waals surface area (Å²) in [6.07, 6.45) is 3.73. The van der Waals surface area contributed by atoms with Crippen LogP contribution in [0.3, 0.4) is 0 Å². The average molecular weight is 266 g/mol. The largest absolute Gasteiger partial charge is 0.0651 e. The van der Waals surface area contributed by atoms with E-state index in [-0.39, 0.29) is 5.41 Å². The fourth-order valence-corrected chi connectivity index (χ4v) is 3.17. The van der Waals surface area contributed by atoms with Gasteiger partial charge in [-0.1, -0.05) is 94.3 Å². The van der Waals surface area contributed by atoms with Gasteiger partial charge in [0.15, 0.2) is 0 Å². The van der Waals surface area contributed by atoms with E-state index in [1.54, 1.807) is 0 Å². The molecular weight excluding hydrogens is 240 g/mol. The van der Waals surface area contributed by atoms with Gasteiger partial charge in [0, 0.05) is 5.41 Å². The van der Waals surface area contributed by atoms with Gasteiger partial charge < -0.3 is 0 Å². The molecule has 0 amide bonds. The minimum absolute atomic E-state index is 0.110. The summed E-state index contributed by atoms with van der Waals surface area (Å²) in [5.74, 6) is 0.778. The van der Waals surface area contributed by atoms with Crippen LogP contribution in [0.5, 0.6) is 0 Å². The van der Waals surface area contributed by atoms with Gasteiger partial charge in [0.2, 0.25) is 0 Å². The Bertz CT molecular complexity index is 455. The van der Waals surface area contributed by atoms with E-state index in [2.05, 4.69) is 81.4 Å². The first kappa shape index (κ1) is 14.8. The Kier molecular flexibility index (Phi) is 5.00. The van der Waals surface area contributed by atoms with Crippen molar-refractivity contribution in [2.24, 2.45) is 5.92 Å². The van der Waals surface area contributed by atoms with Crippen LogP contribution < -0.4 is 0 Å². The molecule has 0 aliphatic rings. The van der Waals surface area contributed by atoms with E-state index in [9.17, 15) is 0 Å². The highest BCUT2D eigenvalue weighted by molar-refractivity contribution is 5.38. The smallest absolute Gasteiger partial charge is 0.0177 e. The molecule has 0 unspecified atom stereocenters. The molecule has 0 atom stereocenters. The Morgan fingerprint density at radius 3 is 1.50 bits per heavy atom. The van der Waals surface area contributed by atoms with Gasteiger partial charge in [0.05, 0.1) is 0 Å². The molecule has 0 heterocycles. The van der Waals surface area contributed by atoms with Crippen LogP contribution in [-0.4, -0.2) is 0 Å². The summed E-state index contributed by atoms with van der Waals surface area (Å²) in [5.41, 5.74) is 2.97. The highest BCUT2D eigenvalue weighted by atomic mass is 14.3. The van der Waals surface area contributed by atoms with E-state index in [1.165, 1.54) is 30.4 Å². The monoisotopic (exact) mass is 266 g/mol. The van der Waals surface area contributed by atoms with Crippen LogP contribution in [0.25, 0.3) is 0 Å². The molecule has 0 aliphatic heterocycles. The molecule has 0 fully saturated rings. The Morgan fingerprint density at radius 2 is 1.15 bits per heavy atom. The number of hydrogen-bond donors (Lipinski definition) is 0. The summed E-state index contributed by atoms with van der Waals surface area (Å²) >= 11 is 0. The molecule has 20 heavy (non-hydrogen) atoms. The minimum atomic E-state index is 0.110. The van der Waals surface area contributed by atoms with Crippen molar-refractivity contribution in [1.29, 1.82) is 0 Å². The standard InChI is InChI=1S/C20H26/c1-4-17(5-2)16-20(3,18-12-8-6-9-13-18)19-14-10-7-11-15-19/h6-15,17H,4-5,16H2,1-3H3. The molecule has 0 spiro atoms. The number of hydrogen-bond acceptors (Lipinski definition) is 0. The van der Waals surface area contributed by atoms with E-state index in [0.29, 0.717) is 0 Å². The van der Waals surface area contributed by atoms with Crippen molar-refractivity contribution in [2.75, 3.05) is 0 Å². The summed E-state index contributed by atoms with van der Waals surface area (Å²) < 4.78 is 0. The molecular formula is C20H26. The van der Waals surface area contributed by atoms with Gasteiger partial charge >= 0.3 is 0 Å². The third kappa shape index (κ3) is 3.12. The molecule has 2 aromatic carbocycles. The topological polar surface area (TPSA) is 0 Å². The second-order valence-electron chi connectivity index (χ2n) is 5.95. The maximum absolute atomic E-state index is 2.40. The van der Waals surface area contributed by atoms with Gasteiger partial charge in [-0.05, 0) is 23.5 Å². The fraction of sp³-hybridized carbons (Fsp3) is 0.400. The Hall–Kier alpha value is -1.56. The van der Waals surface area contributed by atoms with Crippen LogP contribution in [0, 0.1) is 5.92 Å². The lowest BCUT2D eigenvalue weighted by atomic mass is 9.70. The fourth-order valence-electron chi connectivity index (χ4n) is 3.17. The van der Waals surface area contributed by atoms with Crippen molar-refractivity contribution in [3.63, 3.8) is 0 Å². The van der Waals surface area contributed by atoms with Gasteiger partial charge in [0.1, 0.15) is 0 Å². The first-order valence-electron chi connectivity index (χ1n) is 7.81.